The van der Waals surface area contributed by atoms with Crippen molar-refractivity contribution >= 4 is 48.1 Å². The van der Waals surface area contributed by atoms with E-state index in [4.69, 9.17) is 15.4 Å². The van der Waals surface area contributed by atoms with Crippen molar-refractivity contribution < 1.29 is 21.6 Å². The van der Waals surface area contributed by atoms with Crippen molar-refractivity contribution in [3.8, 4) is 11.8 Å². The third-order valence-electron chi connectivity index (χ3n) is 7.62. The van der Waals surface area contributed by atoms with Crippen LogP contribution < -0.4 is 4.74 Å². The van der Waals surface area contributed by atoms with Gasteiger partial charge in [0, 0.05) is 18.0 Å². The van der Waals surface area contributed by atoms with Crippen LogP contribution in [0.3, 0.4) is 0 Å². The van der Waals surface area contributed by atoms with Gasteiger partial charge in [0.25, 0.3) is 20.0 Å². The minimum absolute atomic E-state index is 0.146. The second kappa shape index (κ2) is 13.3. The average molecular weight is 705 g/mol. The molecule has 15 heteroatoms. The Labute approximate surface area is 287 Å². The van der Waals surface area contributed by atoms with E-state index < -0.39 is 20.0 Å². The van der Waals surface area contributed by atoms with E-state index in [1.165, 1.54) is 30.9 Å². The van der Waals surface area contributed by atoms with Gasteiger partial charge >= 0.3 is 0 Å². The number of aryl methyl sites for hydroxylation is 2. The lowest BCUT2D eigenvalue weighted by Gasteiger charge is -2.08. The smallest absolute Gasteiger partial charge is 0.269 e. The second-order valence-electron chi connectivity index (χ2n) is 11.0. The van der Waals surface area contributed by atoms with E-state index in [-0.39, 0.29) is 32.5 Å². The fraction of sp³-hybridized carbons (Fsp3) is 0.0857. The lowest BCUT2D eigenvalue weighted by Crippen LogP contribution is -2.13. The first kappa shape index (κ1) is 33.7. The summed E-state index contributed by atoms with van der Waals surface area (Å²) in [5.41, 5.74) is 4.49. The molecule has 0 aliphatic carbocycles. The predicted molar refractivity (Wildman–Crippen MR) is 186 cm³/mol. The predicted octanol–water partition coefficient (Wildman–Crippen LogP) is 5.25. The van der Waals surface area contributed by atoms with Crippen LogP contribution in [-0.2, 0) is 20.0 Å². The molecule has 0 saturated carbocycles. The third-order valence-corrected chi connectivity index (χ3v) is 11.0. The highest BCUT2D eigenvalue weighted by molar-refractivity contribution is 7.90. The van der Waals surface area contributed by atoms with Gasteiger partial charge in [-0.25, -0.2) is 44.7 Å². The number of hydrogen-bond acceptors (Lipinski definition) is 11. The number of nitrogens with zero attached hydrogens (tertiary/aromatic N) is 7. The van der Waals surface area contributed by atoms with Crippen molar-refractivity contribution in [2.24, 2.45) is 0 Å². The average Bonchev–Trinajstić information content (AvgIpc) is 3.77. The van der Waals surface area contributed by atoms with Crippen molar-refractivity contribution in [3.05, 3.63) is 138 Å². The summed E-state index contributed by atoms with van der Waals surface area (Å²) < 4.78 is 58.4. The number of aromatic nitrogens is 6. The lowest BCUT2D eigenvalue weighted by molar-refractivity contribution is 0.415. The maximum atomic E-state index is 13.0. The molecule has 0 unspecified atom stereocenters. The number of nitrogens with one attached hydrogen (secondary N) is 1. The molecule has 0 atom stereocenters. The van der Waals surface area contributed by atoms with Gasteiger partial charge in [0.2, 0.25) is 0 Å². The Hall–Kier alpha value is -6.24. The van der Waals surface area contributed by atoms with Crippen LogP contribution in [0.15, 0.2) is 120 Å². The molecule has 0 bridgehead atoms. The minimum atomic E-state index is -3.79. The molecule has 0 aliphatic rings. The Morgan fingerprint density at radius 1 is 0.700 bits per heavy atom. The molecular formula is C35H28N8O5S2. The Balaban J connectivity index is 0.000000182. The highest BCUT2D eigenvalue weighted by atomic mass is 32.2. The van der Waals surface area contributed by atoms with Crippen molar-refractivity contribution in [1.29, 1.82) is 10.7 Å². The Morgan fingerprint density at radius 2 is 1.18 bits per heavy atom. The van der Waals surface area contributed by atoms with Gasteiger partial charge in [-0.2, -0.15) is 5.26 Å². The van der Waals surface area contributed by atoms with E-state index in [0.717, 1.165) is 19.1 Å². The Bertz CT molecular complexity index is 2640. The quantitative estimate of drug-likeness (QED) is 0.215. The summed E-state index contributed by atoms with van der Waals surface area (Å²) in [6.07, 6.45) is 5.49. The highest BCUT2D eigenvalue weighted by Gasteiger charge is 2.22. The largest absolute Gasteiger partial charge is 0.497 e. The first-order chi connectivity index (χ1) is 23.9. The van der Waals surface area contributed by atoms with E-state index in [2.05, 4.69) is 19.9 Å². The van der Waals surface area contributed by atoms with Gasteiger partial charge in [-0.1, -0.05) is 35.4 Å². The summed E-state index contributed by atoms with van der Waals surface area (Å²) >= 11 is 0. The van der Waals surface area contributed by atoms with E-state index in [1.807, 2.05) is 19.9 Å². The van der Waals surface area contributed by atoms with E-state index in [1.54, 1.807) is 86.0 Å². The van der Waals surface area contributed by atoms with Gasteiger partial charge in [0.15, 0.2) is 17.0 Å². The fourth-order valence-corrected chi connectivity index (χ4v) is 7.48. The zero-order valence-electron chi connectivity index (χ0n) is 26.9. The summed E-state index contributed by atoms with van der Waals surface area (Å²) in [6.45, 7) is 3.78. The monoisotopic (exact) mass is 704 g/mol. The molecular weight excluding hydrogens is 677 g/mol. The summed E-state index contributed by atoms with van der Waals surface area (Å²) in [6, 6.07) is 25.2. The van der Waals surface area contributed by atoms with Crippen molar-refractivity contribution in [1.82, 2.24) is 27.9 Å². The Kier molecular flexibility index (Phi) is 8.98. The maximum absolute atomic E-state index is 13.0. The molecule has 0 fully saturated rings. The number of rotatable bonds is 7. The molecule has 4 heterocycles. The van der Waals surface area contributed by atoms with Gasteiger partial charge in [0.05, 0.1) is 35.0 Å². The normalized spacial score (nSPS) is 11.5. The van der Waals surface area contributed by atoms with Crippen LogP contribution in [0.2, 0.25) is 0 Å². The molecule has 0 radical (unpaired) electrons. The molecule has 3 aromatic carbocycles. The molecule has 0 saturated heterocycles. The number of benzene rings is 3. The van der Waals surface area contributed by atoms with Crippen LogP contribution in [0.25, 0.3) is 22.3 Å². The number of ether oxygens (including phenoxy) is 1. The van der Waals surface area contributed by atoms with Crippen LogP contribution in [0, 0.1) is 30.6 Å². The summed E-state index contributed by atoms with van der Waals surface area (Å²) in [5, 5.41) is 17.2. The lowest BCUT2D eigenvalue weighted by atomic mass is 10.1. The third kappa shape index (κ3) is 6.44. The first-order valence-corrected chi connectivity index (χ1v) is 17.8. The molecule has 4 aromatic heterocycles. The van der Waals surface area contributed by atoms with Crippen LogP contribution >= 0.6 is 0 Å². The number of methoxy groups -OCH3 is 1. The molecule has 0 spiro atoms. The molecule has 50 heavy (non-hydrogen) atoms. The Morgan fingerprint density at radius 3 is 1.66 bits per heavy atom. The summed E-state index contributed by atoms with van der Waals surface area (Å²) in [7, 11) is -5.93. The van der Waals surface area contributed by atoms with Crippen molar-refractivity contribution in [3.63, 3.8) is 0 Å². The van der Waals surface area contributed by atoms with E-state index >= 15 is 0 Å². The van der Waals surface area contributed by atoms with Crippen molar-refractivity contribution in [2.45, 2.75) is 23.6 Å². The van der Waals surface area contributed by atoms with Crippen LogP contribution in [0.1, 0.15) is 28.1 Å². The van der Waals surface area contributed by atoms with Crippen LogP contribution in [0.5, 0.6) is 5.75 Å². The topological polar surface area (TPSA) is 187 Å². The van der Waals surface area contributed by atoms with Gasteiger partial charge in [-0.15, -0.1) is 0 Å². The van der Waals surface area contributed by atoms with Gasteiger partial charge in [-0.05, 0) is 74.5 Å². The highest BCUT2D eigenvalue weighted by Crippen LogP contribution is 2.22. The number of fused-ring (bicyclic) bond motifs is 2. The summed E-state index contributed by atoms with van der Waals surface area (Å²) in [5.74, 6) is 0.696. The molecule has 13 nitrogen and oxygen atoms in total. The van der Waals surface area contributed by atoms with Crippen molar-refractivity contribution in [2.75, 3.05) is 7.11 Å². The SMILES string of the molecule is COc1ccc(C(=N)c2cnc3c(ccn3S(=O)(=O)c3ccc(C)cc3)n2)cc1.Cc1ccc(S(=O)(=O)n2ccc3nc(C#N)cnc32)cc1. The van der Waals surface area contributed by atoms with Gasteiger partial charge < -0.3 is 4.74 Å². The minimum Gasteiger partial charge on any atom is -0.497 e. The standard InChI is InChI=1S/C21H18N4O3S.C14H10N4O2S/c1-14-3-9-17(10-4-14)29(26,27)25-12-11-18-21(25)23-13-19(24-18)20(22)15-5-7-16(28-2)8-6-15;1-10-2-4-12(5-3-10)21(19,20)18-7-6-13-14(18)16-9-11(8-15)17-13/h3-13,22H,1-2H3;2-7,9H,1H3. The van der Waals surface area contributed by atoms with E-state index in [9.17, 15) is 16.8 Å². The first-order valence-electron chi connectivity index (χ1n) is 14.9. The zero-order valence-corrected chi connectivity index (χ0v) is 28.5. The fourth-order valence-electron chi connectivity index (χ4n) is 4.89. The molecule has 7 rings (SSSR count). The van der Waals surface area contributed by atoms with E-state index in [0.29, 0.717) is 28.0 Å². The molecule has 250 valence electrons. The maximum Gasteiger partial charge on any atom is 0.269 e. The zero-order chi connectivity index (χ0) is 35.6. The number of nitriles is 1. The molecule has 7 aromatic rings. The summed E-state index contributed by atoms with van der Waals surface area (Å²) in [4.78, 5) is 17.1. The second-order valence-corrected chi connectivity index (χ2v) is 14.6. The molecule has 0 amide bonds. The van der Waals surface area contributed by atoms with Crippen LogP contribution in [-0.4, -0.2) is 57.5 Å². The van der Waals surface area contributed by atoms with Gasteiger partial charge in [-0.3, -0.25) is 5.41 Å². The number of hydrogen-bond donors (Lipinski definition) is 1. The molecule has 1 N–H and O–H groups in total. The van der Waals surface area contributed by atoms with Gasteiger partial charge in [0.1, 0.15) is 28.5 Å². The molecule has 0 aliphatic heterocycles. The van der Waals surface area contributed by atoms with Crippen LogP contribution in [0.4, 0.5) is 0 Å².